The molecule has 0 unspecified atom stereocenters. The molecule has 0 fully saturated rings. The number of alkyl halides is 3. The average Bonchev–Trinajstić information content (AvgIpc) is 3.00. The number of hydrogen-bond donors (Lipinski definition) is 2. The average molecular weight is 362 g/mol. The zero-order valence-electron chi connectivity index (χ0n) is 14.6. The Balaban J connectivity index is 2.15. The standard InChI is InChI=1S/C19H21F3N4/c1-4-5-15(13(2)11-23)12-24-16-8-6-14(7-9-16)17-10-18(19(20,21)22)25-26(17)3/h4-11,24H,1,12,23H2,2-3H3/b13-11-,15-5-. The molecule has 4 nitrogen and oxygen atoms in total. The Hall–Kier alpha value is -2.96. The highest BCUT2D eigenvalue weighted by atomic mass is 19.4. The number of nitrogens with two attached hydrogens (primary N) is 1. The van der Waals surface area contributed by atoms with Crippen molar-refractivity contribution in [2.45, 2.75) is 13.1 Å². The van der Waals surface area contributed by atoms with Crippen molar-refractivity contribution in [2.75, 3.05) is 11.9 Å². The van der Waals surface area contributed by atoms with Gasteiger partial charge in [0.05, 0.1) is 5.69 Å². The maximum absolute atomic E-state index is 12.8. The van der Waals surface area contributed by atoms with E-state index in [1.165, 1.54) is 17.9 Å². The summed E-state index contributed by atoms with van der Waals surface area (Å²) in [6.07, 6.45) is 0.628. The molecular formula is C19H21F3N4. The van der Waals surface area contributed by atoms with Gasteiger partial charge in [0, 0.05) is 19.3 Å². The predicted molar refractivity (Wildman–Crippen MR) is 98.4 cm³/mol. The number of aromatic nitrogens is 2. The minimum atomic E-state index is -4.46. The fraction of sp³-hybridized carbons (Fsp3) is 0.211. The van der Waals surface area contributed by atoms with Crippen LogP contribution in [0, 0.1) is 0 Å². The van der Waals surface area contributed by atoms with E-state index in [2.05, 4.69) is 17.0 Å². The minimum Gasteiger partial charge on any atom is -0.404 e. The summed E-state index contributed by atoms with van der Waals surface area (Å²) in [5.41, 5.74) is 8.47. The van der Waals surface area contributed by atoms with Gasteiger partial charge in [-0.05, 0) is 48.0 Å². The van der Waals surface area contributed by atoms with Crippen LogP contribution >= 0.6 is 0 Å². The minimum absolute atomic E-state index is 0.401. The first-order valence-corrected chi connectivity index (χ1v) is 7.92. The van der Waals surface area contributed by atoms with Crippen molar-refractivity contribution in [2.24, 2.45) is 12.8 Å². The molecule has 1 aromatic carbocycles. The maximum atomic E-state index is 12.8. The van der Waals surface area contributed by atoms with E-state index in [0.717, 1.165) is 22.9 Å². The molecule has 0 aliphatic heterocycles. The lowest BCUT2D eigenvalue weighted by molar-refractivity contribution is -0.141. The largest absolute Gasteiger partial charge is 0.435 e. The van der Waals surface area contributed by atoms with Crippen LogP contribution in [0.5, 0.6) is 0 Å². The van der Waals surface area contributed by atoms with Gasteiger partial charge in [-0.1, -0.05) is 30.9 Å². The van der Waals surface area contributed by atoms with E-state index in [1.807, 2.05) is 25.1 Å². The molecule has 0 spiro atoms. The van der Waals surface area contributed by atoms with Gasteiger partial charge >= 0.3 is 6.18 Å². The number of nitrogens with one attached hydrogen (secondary N) is 1. The van der Waals surface area contributed by atoms with E-state index in [0.29, 0.717) is 17.8 Å². The topological polar surface area (TPSA) is 55.9 Å². The molecule has 0 amide bonds. The summed E-state index contributed by atoms with van der Waals surface area (Å²) in [6, 6.07) is 8.16. The summed E-state index contributed by atoms with van der Waals surface area (Å²) in [5.74, 6) is 0. The van der Waals surface area contributed by atoms with E-state index < -0.39 is 11.9 Å². The molecule has 26 heavy (non-hydrogen) atoms. The Morgan fingerprint density at radius 2 is 1.96 bits per heavy atom. The molecule has 138 valence electrons. The molecule has 1 heterocycles. The number of benzene rings is 1. The van der Waals surface area contributed by atoms with Crippen molar-refractivity contribution in [3.63, 3.8) is 0 Å². The van der Waals surface area contributed by atoms with E-state index in [4.69, 9.17) is 5.73 Å². The van der Waals surface area contributed by atoms with Gasteiger partial charge in [-0.25, -0.2) is 0 Å². The predicted octanol–water partition coefficient (Wildman–Crippen LogP) is 4.49. The summed E-state index contributed by atoms with van der Waals surface area (Å²) >= 11 is 0. The van der Waals surface area contributed by atoms with Crippen LogP contribution in [0.1, 0.15) is 12.6 Å². The second-order valence-electron chi connectivity index (χ2n) is 5.74. The molecular weight excluding hydrogens is 341 g/mol. The van der Waals surface area contributed by atoms with Gasteiger partial charge in [0.1, 0.15) is 0 Å². The highest BCUT2D eigenvalue weighted by Gasteiger charge is 2.34. The third kappa shape index (κ3) is 4.56. The quantitative estimate of drug-likeness (QED) is 0.745. The number of halogens is 3. The maximum Gasteiger partial charge on any atom is 0.435 e. The molecule has 1 aromatic heterocycles. The van der Waals surface area contributed by atoms with E-state index >= 15 is 0 Å². The first kappa shape index (κ1) is 19.4. The second kappa shape index (κ2) is 7.95. The van der Waals surface area contributed by atoms with E-state index in [1.54, 1.807) is 18.2 Å². The van der Waals surface area contributed by atoms with Gasteiger partial charge < -0.3 is 11.1 Å². The Labute approximate surface area is 150 Å². The first-order valence-electron chi connectivity index (χ1n) is 7.92. The molecule has 2 aromatic rings. The molecule has 3 N–H and O–H groups in total. The Kier molecular flexibility index (Phi) is 5.92. The number of rotatable bonds is 6. The molecule has 0 bridgehead atoms. The Morgan fingerprint density at radius 3 is 2.46 bits per heavy atom. The zero-order chi connectivity index (χ0) is 19.3. The lowest BCUT2D eigenvalue weighted by Gasteiger charge is -2.11. The lowest BCUT2D eigenvalue weighted by atomic mass is 10.1. The third-order valence-corrected chi connectivity index (χ3v) is 3.91. The summed E-state index contributed by atoms with van der Waals surface area (Å²) in [4.78, 5) is 0. The van der Waals surface area contributed by atoms with Crippen molar-refractivity contribution in [3.8, 4) is 11.3 Å². The normalized spacial score (nSPS) is 13.0. The van der Waals surface area contributed by atoms with Crippen LogP contribution in [-0.2, 0) is 13.2 Å². The number of allylic oxidation sites excluding steroid dienone is 2. The van der Waals surface area contributed by atoms with Gasteiger partial charge in [-0.3, -0.25) is 4.68 Å². The monoisotopic (exact) mass is 362 g/mol. The van der Waals surface area contributed by atoms with E-state index in [-0.39, 0.29) is 0 Å². The Bertz CT molecular complexity index is 827. The smallest absolute Gasteiger partial charge is 0.404 e. The number of nitrogens with zero attached hydrogens (tertiary/aromatic N) is 2. The van der Waals surface area contributed by atoms with Crippen molar-refractivity contribution in [1.82, 2.24) is 9.78 Å². The van der Waals surface area contributed by atoms with Crippen LogP contribution in [-0.4, -0.2) is 16.3 Å². The summed E-state index contributed by atoms with van der Waals surface area (Å²) in [5, 5.41) is 6.78. The highest BCUT2D eigenvalue weighted by molar-refractivity contribution is 5.63. The van der Waals surface area contributed by atoms with Crippen molar-refractivity contribution < 1.29 is 13.2 Å². The first-order chi connectivity index (χ1) is 12.3. The molecule has 0 aliphatic rings. The molecule has 0 saturated heterocycles. The second-order valence-corrected chi connectivity index (χ2v) is 5.74. The molecule has 2 rings (SSSR count). The van der Waals surface area contributed by atoms with Gasteiger partial charge in [0.25, 0.3) is 0 Å². The number of hydrogen-bond acceptors (Lipinski definition) is 3. The third-order valence-electron chi connectivity index (χ3n) is 3.91. The zero-order valence-corrected chi connectivity index (χ0v) is 14.6. The lowest BCUT2D eigenvalue weighted by Crippen LogP contribution is -2.06. The molecule has 0 radical (unpaired) electrons. The highest BCUT2D eigenvalue weighted by Crippen LogP contribution is 2.31. The van der Waals surface area contributed by atoms with Gasteiger partial charge in [0.15, 0.2) is 5.69 Å². The van der Waals surface area contributed by atoms with Crippen LogP contribution in [0.25, 0.3) is 11.3 Å². The molecule has 0 aliphatic carbocycles. The van der Waals surface area contributed by atoms with Crippen LogP contribution in [0.4, 0.5) is 18.9 Å². The molecule has 7 heteroatoms. The van der Waals surface area contributed by atoms with Crippen LogP contribution in [0.15, 0.2) is 66.4 Å². The van der Waals surface area contributed by atoms with Gasteiger partial charge in [0.2, 0.25) is 0 Å². The number of anilines is 1. The van der Waals surface area contributed by atoms with Crippen molar-refractivity contribution >= 4 is 5.69 Å². The molecule has 0 saturated carbocycles. The summed E-state index contributed by atoms with van der Waals surface area (Å²) < 4.78 is 39.6. The summed E-state index contributed by atoms with van der Waals surface area (Å²) in [7, 11) is 1.49. The molecule has 0 atom stereocenters. The van der Waals surface area contributed by atoms with Crippen molar-refractivity contribution in [1.29, 1.82) is 0 Å². The fourth-order valence-electron chi connectivity index (χ4n) is 2.41. The Morgan fingerprint density at radius 1 is 1.31 bits per heavy atom. The van der Waals surface area contributed by atoms with Crippen LogP contribution in [0.3, 0.4) is 0 Å². The van der Waals surface area contributed by atoms with Gasteiger partial charge in [-0.15, -0.1) is 0 Å². The van der Waals surface area contributed by atoms with Crippen molar-refractivity contribution in [3.05, 3.63) is 72.1 Å². The summed E-state index contributed by atoms with van der Waals surface area (Å²) in [6.45, 7) is 6.14. The SMILES string of the molecule is C=C/C=C(CNc1ccc(-c2cc(C(F)(F)F)nn2C)cc1)\C(C)=C/N. The van der Waals surface area contributed by atoms with Crippen LogP contribution in [0.2, 0.25) is 0 Å². The van der Waals surface area contributed by atoms with Crippen LogP contribution < -0.4 is 11.1 Å². The number of aryl methyl sites for hydroxylation is 1. The van der Waals surface area contributed by atoms with E-state index in [9.17, 15) is 13.2 Å². The van der Waals surface area contributed by atoms with Gasteiger partial charge in [-0.2, -0.15) is 18.3 Å². The fourth-order valence-corrected chi connectivity index (χ4v) is 2.41.